The monoisotopic (exact) mass is 139 g/mol. The molecule has 2 N–H and O–H groups in total. The lowest BCUT2D eigenvalue weighted by Gasteiger charge is -2.24. The Bertz CT molecular complexity index is 131. The van der Waals surface area contributed by atoms with E-state index in [0.717, 1.165) is 17.8 Å². The van der Waals surface area contributed by atoms with Gasteiger partial charge in [-0.05, 0) is 43.9 Å². The highest BCUT2D eigenvalue weighted by Crippen LogP contribution is 2.49. The topological polar surface area (TPSA) is 26.0 Å². The van der Waals surface area contributed by atoms with E-state index in [2.05, 4.69) is 6.92 Å². The highest BCUT2D eigenvalue weighted by molar-refractivity contribution is 4.92. The smallest absolute Gasteiger partial charge is 0.00415 e. The van der Waals surface area contributed by atoms with E-state index in [-0.39, 0.29) is 0 Å². The van der Waals surface area contributed by atoms with E-state index in [0.29, 0.717) is 6.04 Å². The Kier molecular flexibility index (Phi) is 1.48. The highest BCUT2D eigenvalue weighted by atomic mass is 14.7. The first-order chi connectivity index (χ1) is 4.77. The summed E-state index contributed by atoms with van der Waals surface area (Å²) in [5.74, 6) is 2.93. The van der Waals surface area contributed by atoms with Gasteiger partial charge in [-0.2, -0.15) is 0 Å². The van der Waals surface area contributed by atoms with Crippen LogP contribution >= 0.6 is 0 Å². The molecule has 0 aliphatic heterocycles. The number of rotatable bonds is 1. The van der Waals surface area contributed by atoms with Gasteiger partial charge in [-0.3, -0.25) is 0 Å². The molecule has 2 aliphatic carbocycles. The van der Waals surface area contributed by atoms with Crippen LogP contribution in [0.3, 0.4) is 0 Å². The van der Waals surface area contributed by atoms with E-state index in [1.54, 1.807) is 0 Å². The molecule has 0 radical (unpaired) electrons. The lowest BCUT2D eigenvalue weighted by molar-refractivity contribution is 0.293. The molecule has 0 saturated heterocycles. The van der Waals surface area contributed by atoms with Crippen LogP contribution in [0.15, 0.2) is 0 Å². The van der Waals surface area contributed by atoms with Crippen molar-refractivity contribution in [3.05, 3.63) is 0 Å². The van der Waals surface area contributed by atoms with Gasteiger partial charge in [0.25, 0.3) is 0 Å². The highest BCUT2D eigenvalue weighted by Gasteiger charge is 2.40. The Morgan fingerprint density at radius 1 is 1.30 bits per heavy atom. The fraction of sp³-hybridized carbons (Fsp3) is 1.00. The maximum absolute atomic E-state index is 5.88. The van der Waals surface area contributed by atoms with Gasteiger partial charge in [0, 0.05) is 6.04 Å². The molecular weight excluding hydrogens is 122 g/mol. The molecule has 0 aromatic carbocycles. The van der Waals surface area contributed by atoms with Gasteiger partial charge in [0.1, 0.15) is 0 Å². The Hall–Kier alpha value is -0.0400. The minimum Gasteiger partial charge on any atom is -0.328 e. The Morgan fingerprint density at radius 3 is 2.40 bits per heavy atom. The van der Waals surface area contributed by atoms with Crippen molar-refractivity contribution < 1.29 is 0 Å². The molecular formula is C9H17N. The molecule has 1 nitrogen and oxygen atoms in total. The van der Waals surface area contributed by atoms with Crippen LogP contribution < -0.4 is 5.73 Å². The Labute approximate surface area is 63.0 Å². The second kappa shape index (κ2) is 2.23. The molecule has 2 bridgehead atoms. The lowest BCUT2D eigenvalue weighted by Crippen LogP contribution is -2.30. The largest absolute Gasteiger partial charge is 0.328 e. The summed E-state index contributed by atoms with van der Waals surface area (Å²) in [4.78, 5) is 0. The zero-order valence-corrected chi connectivity index (χ0v) is 6.72. The third-order valence-electron chi connectivity index (χ3n) is 3.47. The second-order valence-corrected chi connectivity index (χ2v) is 4.20. The van der Waals surface area contributed by atoms with Gasteiger partial charge in [0.05, 0.1) is 0 Å². The predicted molar refractivity (Wildman–Crippen MR) is 42.6 cm³/mol. The van der Waals surface area contributed by atoms with Gasteiger partial charge in [0.2, 0.25) is 0 Å². The van der Waals surface area contributed by atoms with Crippen molar-refractivity contribution in [3.8, 4) is 0 Å². The van der Waals surface area contributed by atoms with Crippen molar-refractivity contribution in [2.24, 2.45) is 23.5 Å². The van der Waals surface area contributed by atoms with Crippen LogP contribution in [-0.4, -0.2) is 6.04 Å². The molecule has 58 valence electrons. The average Bonchev–Trinajstić information content (AvgIpc) is 2.44. The first-order valence-electron chi connectivity index (χ1n) is 4.53. The van der Waals surface area contributed by atoms with Gasteiger partial charge < -0.3 is 5.73 Å². The van der Waals surface area contributed by atoms with Crippen molar-refractivity contribution in [1.29, 1.82) is 0 Å². The SMILES string of the molecule is C[C@H](N)[C@@H]1C[C@H]2CC[C@@H]1C2. The number of nitrogens with two attached hydrogens (primary N) is 1. The van der Waals surface area contributed by atoms with E-state index in [4.69, 9.17) is 5.73 Å². The van der Waals surface area contributed by atoms with Crippen molar-refractivity contribution in [1.82, 2.24) is 0 Å². The van der Waals surface area contributed by atoms with Crippen LogP contribution in [0.5, 0.6) is 0 Å². The molecule has 0 amide bonds. The maximum Gasteiger partial charge on any atom is 0.00415 e. The summed E-state index contributed by atoms with van der Waals surface area (Å²) in [5.41, 5.74) is 5.88. The van der Waals surface area contributed by atoms with Crippen LogP contribution in [0.4, 0.5) is 0 Å². The van der Waals surface area contributed by atoms with Crippen molar-refractivity contribution >= 4 is 0 Å². The lowest BCUT2D eigenvalue weighted by atomic mass is 9.84. The predicted octanol–water partition coefficient (Wildman–Crippen LogP) is 1.77. The standard InChI is InChI=1S/C9H17N/c1-6(10)9-5-7-2-3-8(9)4-7/h6-9H,2-5,10H2,1H3/t6-,7-,8+,9-/m0/s1. The molecule has 2 rings (SSSR count). The summed E-state index contributed by atoms with van der Waals surface area (Å²) in [7, 11) is 0. The van der Waals surface area contributed by atoms with E-state index in [1.807, 2.05) is 0 Å². The van der Waals surface area contributed by atoms with Crippen LogP contribution in [-0.2, 0) is 0 Å². The third kappa shape index (κ3) is 0.878. The summed E-state index contributed by atoms with van der Waals surface area (Å²) in [6, 6.07) is 0.454. The number of fused-ring (bicyclic) bond motifs is 2. The third-order valence-corrected chi connectivity index (χ3v) is 3.47. The first-order valence-corrected chi connectivity index (χ1v) is 4.53. The fourth-order valence-corrected chi connectivity index (χ4v) is 2.94. The van der Waals surface area contributed by atoms with Crippen molar-refractivity contribution in [3.63, 3.8) is 0 Å². The maximum atomic E-state index is 5.88. The summed E-state index contributed by atoms with van der Waals surface area (Å²) in [5, 5.41) is 0. The van der Waals surface area contributed by atoms with Crippen LogP contribution in [0.25, 0.3) is 0 Å². The number of hydrogen-bond donors (Lipinski definition) is 1. The molecule has 2 fully saturated rings. The second-order valence-electron chi connectivity index (χ2n) is 4.20. The van der Waals surface area contributed by atoms with Gasteiger partial charge in [0.15, 0.2) is 0 Å². The van der Waals surface area contributed by atoms with E-state index < -0.39 is 0 Å². The summed E-state index contributed by atoms with van der Waals surface area (Å²) >= 11 is 0. The summed E-state index contributed by atoms with van der Waals surface area (Å²) < 4.78 is 0. The fourth-order valence-electron chi connectivity index (χ4n) is 2.94. The molecule has 2 saturated carbocycles. The van der Waals surface area contributed by atoms with Gasteiger partial charge in [-0.25, -0.2) is 0 Å². The van der Waals surface area contributed by atoms with E-state index >= 15 is 0 Å². The van der Waals surface area contributed by atoms with Crippen molar-refractivity contribution in [2.75, 3.05) is 0 Å². The molecule has 0 spiro atoms. The molecule has 0 unspecified atom stereocenters. The van der Waals surface area contributed by atoms with Crippen molar-refractivity contribution in [2.45, 2.75) is 38.6 Å². The van der Waals surface area contributed by atoms with E-state index in [1.165, 1.54) is 25.7 Å². The van der Waals surface area contributed by atoms with Gasteiger partial charge >= 0.3 is 0 Å². The van der Waals surface area contributed by atoms with Gasteiger partial charge in [-0.15, -0.1) is 0 Å². The summed E-state index contributed by atoms with van der Waals surface area (Å²) in [6.07, 6.45) is 5.89. The summed E-state index contributed by atoms with van der Waals surface area (Å²) in [6.45, 7) is 2.17. The molecule has 0 aromatic heterocycles. The molecule has 2 aliphatic rings. The Morgan fingerprint density at radius 2 is 2.10 bits per heavy atom. The minimum atomic E-state index is 0.454. The van der Waals surface area contributed by atoms with E-state index in [9.17, 15) is 0 Å². The quantitative estimate of drug-likeness (QED) is 0.588. The van der Waals surface area contributed by atoms with Crippen LogP contribution in [0.1, 0.15) is 32.6 Å². The zero-order valence-electron chi connectivity index (χ0n) is 6.72. The normalized spacial score (nSPS) is 48.0. The number of hydrogen-bond acceptors (Lipinski definition) is 1. The molecule has 1 heteroatoms. The zero-order chi connectivity index (χ0) is 7.14. The molecule has 0 aromatic rings. The molecule has 0 heterocycles. The average molecular weight is 139 g/mol. The van der Waals surface area contributed by atoms with Gasteiger partial charge in [-0.1, -0.05) is 6.42 Å². The first kappa shape index (κ1) is 6.66. The molecule has 10 heavy (non-hydrogen) atoms. The Balaban J connectivity index is 2.02. The van der Waals surface area contributed by atoms with Crippen LogP contribution in [0, 0.1) is 17.8 Å². The molecule has 4 atom stereocenters. The minimum absolute atomic E-state index is 0.454. The van der Waals surface area contributed by atoms with Crippen LogP contribution in [0.2, 0.25) is 0 Å².